The largest absolute Gasteiger partial charge is 0.508 e. The molecular formula is C25H25N3O2. The SMILES string of the molecule is Cc1cc(/C=C(/C#N)C(=O)NCCCc2ccccc2)c(C)n1-c1ccc(O)cc1. The van der Waals surface area contributed by atoms with E-state index in [2.05, 4.69) is 17.4 Å². The number of carbonyl (C=O) groups excluding carboxylic acids is 1. The Balaban J connectivity index is 1.69. The third-order valence-corrected chi connectivity index (χ3v) is 5.01. The van der Waals surface area contributed by atoms with E-state index in [1.54, 1.807) is 18.2 Å². The monoisotopic (exact) mass is 399 g/mol. The molecule has 0 bridgehead atoms. The van der Waals surface area contributed by atoms with Crippen LogP contribution in [0, 0.1) is 25.2 Å². The van der Waals surface area contributed by atoms with E-state index in [0.29, 0.717) is 6.54 Å². The fraction of sp³-hybridized carbons (Fsp3) is 0.200. The molecule has 1 aromatic heterocycles. The molecule has 0 unspecified atom stereocenters. The maximum absolute atomic E-state index is 12.5. The number of rotatable bonds is 7. The molecule has 0 saturated carbocycles. The van der Waals surface area contributed by atoms with E-state index in [1.807, 2.05) is 60.9 Å². The summed E-state index contributed by atoms with van der Waals surface area (Å²) in [7, 11) is 0. The summed E-state index contributed by atoms with van der Waals surface area (Å²) in [6.45, 7) is 4.42. The van der Waals surface area contributed by atoms with E-state index in [-0.39, 0.29) is 17.2 Å². The van der Waals surface area contributed by atoms with Gasteiger partial charge in [0.05, 0.1) is 0 Å². The summed E-state index contributed by atoms with van der Waals surface area (Å²) in [5.74, 6) is -0.156. The second-order valence-electron chi connectivity index (χ2n) is 7.19. The van der Waals surface area contributed by atoms with Gasteiger partial charge in [-0.15, -0.1) is 0 Å². The first-order valence-corrected chi connectivity index (χ1v) is 9.92. The highest BCUT2D eigenvalue weighted by Gasteiger charge is 2.13. The third-order valence-electron chi connectivity index (χ3n) is 5.01. The van der Waals surface area contributed by atoms with Crippen molar-refractivity contribution in [3.63, 3.8) is 0 Å². The summed E-state index contributed by atoms with van der Waals surface area (Å²) >= 11 is 0. The molecule has 0 aliphatic carbocycles. The average molecular weight is 399 g/mol. The predicted molar refractivity (Wildman–Crippen MR) is 118 cm³/mol. The van der Waals surface area contributed by atoms with Crippen LogP contribution in [-0.2, 0) is 11.2 Å². The van der Waals surface area contributed by atoms with Gasteiger partial charge < -0.3 is 15.0 Å². The second kappa shape index (κ2) is 9.62. The average Bonchev–Trinajstić information content (AvgIpc) is 3.03. The number of phenols is 1. The number of nitriles is 1. The second-order valence-corrected chi connectivity index (χ2v) is 7.19. The minimum Gasteiger partial charge on any atom is -0.508 e. The Labute approximate surface area is 176 Å². The van der Waals surface area contributed by atoms with Gasteiger partial charge in [0.15, 0.2) is 0 Å². The number of amides is 1. The molecule has 3 aromatic rings. The molecule has 0 atom stereocenters. The van der Waals surface area contributed by atoms with Gasteiger partial charge in [-0.25, -0.2) is 0 Å². The molecule has 0 radical (unpaired) electrons. The maximum Gasteiger partial charge on any atom is 0.261 e. The fourth-order valence-electron chi connectivity index (χ4n) is 3.47. The Morgan fingerprint density at radius 2 is 1.83 bits per heavy atom. The number of aromatic nitrogens is 1. The molecule has 5 nitrogen and oxygen atoms in total. The molecular weight excluding hydrogens is 374 g/mol. The zero-order valence-electron chi connectivity index (χ0n) is 17.2. The van der Waals surface area contributed by atoms with Gasteiger partial charge in [0, 0.05) is 23.6 Å². The summed E-state index contributed by atoms with van der Waals surface area (Å²) in [6.07, 6.45) is 3.32. The standard InChI is InChI=1S/C25H25N3O2/c1-18-15-21(19(2)28(18)23-10-12-24(29)13-11-23)16-22(17-26)25(30)27-14-6-9-20-7-4-3-5-8-20/h3-5,7-8,10-13,15-16,29H,6,9,14H2,1-2H3,(H,27,30)/b22-16-. The lowest BCUT2D eigenvalue weighted by Crippen LogP contribution is -2.25. The molecule has 0 fully saturated rings. The molecule has 152 valence electrons. The number of hydrogen-bond donors (Lipinski definition) is 2. The highest BCUT2D eigenvalue weighted by atomic mass is 16.3. The van der Waals surface area contributed by atoms with Gasteiger partial charge in [0.2, 0.25) is 0 Å². The van der Waals surface area contributed by atoms with Crippen molar-refractivity contribution in [2.45, 2.75) is 26.7 Å². The molecule has 0 aliphatic heterocycles. The fourth-order valence-corrected chi connectivity index (χ4v) is 3.47. The zero-order chi connectivity index (χ0) is 21.5. The molecule has 1 amide bonds. The Morgan fingerprint density at radius 1 is 1.13 bits per heavy atom. The van der Waals surface area contributed by atoms with Crippen molar-refractivity contribution >= 4 is 12.0 Å². The van der Waals surface area contributed by atoms with E-state index < -0.39 is 0 Å². The number of carbonyl (C=O) groups is 1. The van der Waals surface area contributed by atoms with Crippen LogP contribution in [-0.4, -0.2) is 22.1 Å². The number of phenolic OH excluding ortho intramolecular Hbond substituents is 1. The lowest BCUT2D eigenvalue weighted by molar-refractivity contribution is -0.117. The van der Waals surface area contributed by atoms with Gasteiger partial charge in [-0.1, -0.05) is 30.3 Å². The van der Waals surface area contributed by atoms with E-state index in [4.69, 9.17) is 0 Å². The molecule has 30 heavy (non-hydrogen) atoms. The quantitative estimate of drug-likeness (QED) is 0.350. The molecule has 3 rings (SSSR count). The number of benzene rings is 2. The lowest BCUT2D eigenvalue weighted by Gasteiger charge is -2.09. The molecule has 0 spiro atoms. The van der Waals surface area contributed by atoms with Crippen molar-refractivity contribution in [1.29, 1.82) is 5.26 Å². The molecule has 2 aromatic carbocycles. The highest BCUT2D eigenvalue weighted by Crippen LogP contribution is 2.24. The summed E-state index contributed by atoms with van der Waals surface area (Å²) < 4.78 is 2.03. The lowest BCUT2D eigenvalue weighted by atomic mass is 10.1. The van der Waals surface area contributed by atoms with Crippen LogP contribution in [0.15, 0.2) is 66.2 Å². The first-order chi connectivity index (χ1) is 14.5. The van der Waals surface area contributed by atoms with E-state index in [0.717, 1.165) is 35.5 Å². The van der Waals surface area contributed by atoms with Crippen molar-refractivity contribution in [3.8, 4) is 17.5 Å². The Morgan fingerprint density at radius 3 is 2.50 bits per heavy atom. The van der Waals surface area contributed by atoms with Gasteiger partial charge in [-0.2, -0.15) is 5.26 Å². The van der Waals surface area contributed by atoms with Crippen LogP contribution in [0.4, 0.5) is 0 Å². The Kier molecular flexibility index (Phi) is 6.71. The molecule has 2 N–H and O–H groups in total. The number of aromatic hydroxyl groups is 1. The predicted octanol–water partition coefficient (Wildman–Crippen LogP) is 4.46. The van der Waals surface area contributed by atoms with Crippen molar-refractivity contribution < 1.29 is 9.90 Å². The van der Waals surface area contributed by atoms with Gasteiger partial charge >= 0.3 is 0 Å². The van der Waals surface area contributed by atoms with Gasteiger partial charge in [-0.05, 0) is 74.2 Å². The van der Waals surface area contributed by atoms with Crippen molar-refractivity contribution in [1.82, 2.24) is 9.88 Å². The van der Waals surface area contributed by atoms with Gasteiger partial charge in [0.1, 0.15) is 17.4 Å². The molecule has 1 heterocycles. The Hall–Kier alpha value is -3.78. The third kappa shape index (κ3) is 4.98. The summed E-state index contributed by atoms with van der Waals surface area (Å²) in [6, 6.07) is 21.0. The van der Waals surface area contributed by atoms with Crippen molar-refractivity contribution in [3.05, 3.63) is 88.8 Å². The first-order valence-electron chi connectivity index (χ1n) is 9.92. The van der Waals surface area contributed by atoms with Crippen LogP contribution in [0.1, 0.15) is 28.9 Å². The number of nitrogens with zero attached hydrogens (tertiary/aromatic N) is 2. The van der Waals surface area contributed by atoms with Crippen LogP contribution in [0.3, 0.4) is 0 Å². The minimum atomic E-state index is -0.361. The van der Waals surface area contributed by atoms with Crippen molar-refractivity contribution in [2.75, 3.05) is 6.54 Å². The Bertz CT molecular complexity index is 1090. The zero-order valence-corrected chi connectivity index (χ0v) is 17.2. The van der Waals surface area contributed by atoms with Crippen LogP contribution in [0.2, 0.25) is 0 Å². The molecule has 0 aliphatic rings. The number of aryl methyl sites for hydroxylation is 2. The smallest absolute Gasteiger partial charge is 0.261 e. The van der Waals surface area contributed by atoms with Gasteiger partial charge in [0.25, 0.3) is 5.91 Å². The van der Waals surface area contributed by atoms with E-state index in [9.17, 15) is 15.2 Å². The summed E-state index contributed by atoms with van der Waals surface area (Å²) in [5.41, 5.74) is 4.93. The van der Waals surface area contributed by atoms with Crippen LogP contribution in [0.5, 0.6) is 5.75 Å². The van der Waals surface area contributed by atoms with Crippen LogP contribution < -0.4 is 5.32 Å². The van der Waals surface area contributed by atoms with E-state index in [1.165, 1.54) is 5.56 Å². The minimum absolute atomic E-state index is 0.0840. The first kappa shape index (κ1) is 20.9. The summed E-state index contributed by atoms with van der Waals surface area (Å²) in [5, 5.41) is 21.8. The van der Waals surface area contributed by atoms with Crippen LogP contribution in [0.25, 0.3) is 11.8 Å². The molecule has 5 heteroatoms. The summed E-state index contributed by atoms with van der Waals surface area (Å²) in [4.78, 5) is 12.5. The van der Waals surface area contributed by atoms with E-state index >= 15 is 0 Å². The van der Waals surface area contributed by atoms with Crippen LogP contribution >= 0.6 is 0 Å². The number of nitrogens with one attached hydrogen (secondary N) is 1. The highest BCUT2D eigenvalue weighted by molar-refractivity contribution is 6.01. The molecule has 0 saturated heterocycles. The van der Waals surface area contributed by atoms with Crippen molar-refractivity contribution in [2.24, 2.45) is 0 Å². The van der Waals surface area contributed by atoms with Gasteiger partial charge in [-0.3, -0.25) is 4.79 Å². The topological polar surface area (TPSA) is 78.0 Å². The maximum atomic E-state index is 12.5. The normalized spacial score (nSPS) is 11.2. The number of hydrogen-bond acceptors (Lipinski definition) is 3.